The second-order valence-electron chi connectivity index (χ2n) is 4.70. The molecule has 0 bridgehead atoms. The normalized spacial score (nSPS) is 14.9. The van der Waals surface area contributed by atoms with Gasteiger partial charge in [-0.3, -0.25) is 4.79 Å². The van der Waals surface area contributed by atoms with Gasteiger partial charge in [-0.25, -0.2) is 8.78 Å². The smallest absolute Gasteiger partial charge is 0.262 e. The van der Waals surface area contributed by atoms with Crippen molar-refractivity contribution in [2.24, 2.45) is 0 Å². The van der Waals surface area contributed by atoms with Gasteiger partial charge in [0, 0.05) is 6.07 Å². The molecule has 2 aromatic rings. The number of carbonyl (C=O) groups is 1. The maximum absolute atomic E-state index is 13.2. The number of fused-ring (bicyclic) bond motifs is 1. The highest BCUT2D eigenvalue weighted by Gasteiger charge is 2.19. The number of hydrogen-bond acceptors (Lipinski definition) is 3. The number of nitrogens with one attached hydrogen (secondary N) is 1. The number of hydrogen-bond donors (Lipinski definition) is 2. The van der Waals surface area contributed by atoms with E-state index in [9.17, 15) is 18.7 Å². The molecule has 2 aromatic carbocycles. The summed E-state index contributed by atoms with van der Waals surface area (Å²) in [6.07, 6.45) is -1.21. The molecular weight excluding hydrogens is 280 g/mol. The Kier molecular flexibility index (Phi) is 3.31. The van der Waals surface area contributed by atoms with Gasteiger partial charge in [0.1, 0.15) is 23.5 Å². The molecule has 1 aliphatic heterocycles. The second-order valence-corrected chi connectivity index (χ2v) is 4.70. The van der Waals surface area contributed by atoms with E-state index in [-0.39, 0.29) is 18.1 Å². The molecule has 1 heterocycles. The third kappa shape index (κ3) is 2.71. The van der Waals surface area contributed by atoms with Crippen LogP contribution in [0.1, 0.15) is 17.2 Å². The molecule has 2 N–H and O–H groups in total. The molecule has 1 amide bonds. The first-order chi connectivity index (χ1) is 10.0. The van der Waals surface area contributed by atoms with Crippen LogP contribution in [0, 0.1) is 11.6 Å². The first-order valence-corrected chi connectivity index (χ1v) is 6.23. The molecule has 4 nitrogen and oxygen atoms in total. The third-order valence-corrected chi connectivity index (χ3v) is 3.15. The van der Waals surface area contributed by atoms with Crippen molar-refractivity contribution in [1.82, 2.24) is 0 Å². The van der Waals surface area contributed by atoms with Crippen LogP contribution in [-0.2, 0) is 4.79 Å². The Morgan fingerprint density at radius 2 is 1.81 bits per heavy atom. The van der Waals surface area contributed by atoms with E-state index in [1.54, 1.807) is 12.1 Å². The molecule has 0 fully saturated rings. The van der Waals surface area contributed by atoms with Crippen molar-refractivity contribution < 1.29 is 23.4 Å². The number of amides is 1. The van der Waals surface area contributed by atoms with E-state index in [0.29, 0.717) is 17.0 Å². The van der Waals surface area contributed by atoms with Crippen molar-refractivity contribution in [3.05, 3.63) is 59.2 Å². The number of aliphatic hydroxyl groups is 1. The predicted octanol–water partition coefficient (Wildman–Crippen LogP) is 2.38. The molecule has 1 atom stereocenters. The Balaban J connectivity index is 1.96. The highest BCUT2D eigenvalue weighted by atomic mass is 19.1. The van der Waals surface area contributed by atoms with Crippen LogP contribution in [0.4, 0.5) is 14.5 Å². The number of ether oxygens (including phenoxy) is 1. The maximum atomic E-state index is 13.2. The third-order valence-electron chi connectivity index (χ3n) is 3.15. The van der Waals surface area contributed by atoms with Gasteiger partial charge in [-0.05, 0) is 35.4 Å². The van der Waals surface area contributed by atoms with Crippen molar-refractivity contribution in [2.75, 3.05) is 11.9 Å². The van der Waals surface area contributed by atoms with Crippen molar-refractivity contribution in [3.63, 3.8) is 0 Å². The monoisotopic (exact) mass is 291 g/mol. The molecular formula is C15H11F2NO3. The molecule has 0 spiro atoms. The molecule has 21 heavy (non-hydrogen) atoms. The van der Waals surface area contributed by atoms with Gasteiger partial charge in [-0.2, -0.15) is 0 Å². The Hall–Kier alpha value is -2.47. The highest BCUT2D eigenvalue weighted by molar-refractivity contribution is 5.95. The summed E-state index contributed by atoms with van der Waals surface area (Å²) in [4.78, 5) is 11.3. The van der Waals surface area contributed by atoms with E-state index in [4.69, 9.17) is 4.74 Å². The van der Waals surface area contributed by atoms with Crippen LogP contribution in [0.5, 0.6) is 5.75 Å². The molecule has 0 saturated heterocycles. The number of halogens is 2. The highest BCUT2D eigenvalue weighted by Crippen LogP contribution is 2.32. The first-order valence-electron chi connectivity index (χ1n) is 6.23. The summed E-state index contributed by atoms with van der Waals surface area (Å²) in [5.74, 6) is -1.35. The van der Waals surface area contributed by atoms with Gasteiger partial charge >= 0.3 is 0 Å². The Labute approximate surface area is 119 Å². The van der Waals surface area contributed by atoms with Gasteiger partial charge in [0.15, 0.2) is 6.61 Å². The van der Waals surface area contributed by atoms with Gasteiger partial charge in [0.2, 0.25) is 0 Å². The number of rotatable bonds is 2. The Bertz CT molecular complexity index is 698. The molecule has 1 aliphatic rings. The van der Waals surface area contributed by atoms with Crippen molar-refractivity contribution in [3.8, 4) is 5.75 Å². The summed E-state index contributed by atoms with van der Waals surface area (Å²) in [5, 5.41) is 12.8. The van der Waals surface area contributed by atoms with Crippen LogP contribution in [0.3, 0.4) is 0 Å². The lowest BCUT2D eigenvalue weighted by molar-refractivity contribution is -0.118. The van der Waals surface area contributed by atoms with E-state index < -0.39 is 17.7 Å². The van der Waals surface area contributed by atoms with Gasteiger partial charge in [0.25, 0.3) is 5.91 Å². The zero-order valence-corrected chi connectivity index (χ0v) is 10.8. The molecule has 108 valence electrons. The average Bonchev–Trinajstić information content (AvgIpc) is 2.44. The minimum Gasteiger partial charge on any atom is -0.482 e. The first kappa shape index (κ1) is 13.5. The van der Waals surface area contributed by atoms with Gasteiger partial charge in [-0.1, -0.05) is 6.07 Å². The lowest BCUT2D eigenvalue weighted by atomic mass is 10.0. The zero-order valence-electron chi connectivity index (χ0n) is 10.8. The fourth-order valence-electron chi connectivity index (χ4n) is 2.20. The van der Waals surface area contributed by atoms with Crippen LogP contribution >= 0.6 is 0 Å². The van der Waals surface area contributed by atoms with Crippen LogP contribution in [0.2, 0.25) is 0 Å². The number of carbonyl (C=O) groups excluding carboxylic acids is 1. The summed E-state index contributed by atoms with van der Waals surface area (Å²) in [5.41, 5.74) is 0.903. The molecule has 0 aliphatic carbocycles. The van der Waals surface area contributed by atoms with E-state index in [0.717, 1.165) is 18.2 Å². The quantitative estimate of drug-likeness (QED) is 0.893. The lowest BCUT2D eigenvalue weighted by Crippen LogP contribution is -2.25. The molecule has 6 heteroatoms. The maximum Gasteiger partial charge on any atom is 0.262 e. The van der Waals surface area contributed by atoms with E-state index in [2.05, 4.69) is 5.32 Å². The minimum absolute atomic E-state index is 0.0655. The molecule has 0 radical (unpaired) electrons. The summed E-state index contributed by atoms with van der Waals surface area (Å²) in [6, 6.07) is 7.52. The summed E-state index contributed by atoms with van der Waals surface area (Å²) in [6.45, 7) is -0.0655. The van der Waals surface area contributed by atoms with E-state index in [1.165, 1.54) is 6.07 Å². The number of anilines is 1. The van der Waals surface area contributed by atoms with Crippen molar-refractivity contribution >= 4 is 11.6 Å². The summed E-state index contributed by atoms with van der Waals surface area (Å²) < 4.78 is 31.6. The largest absolute Gasteiger partial charge is 0.482 e. The van der Waals surface area contributed by atoms with E-state index in [1.807, 2.05) is 0 Å². The molecule has 1 unspecified atom stereocenters. The fourth-order valence-corrected chi connectivity index (χ4v) is 2.20. The van der Waals surface area contributed by atoms with Crippen LogP contribution < -0.4 is 10.1 Å². The van der Waals surface area contributed by atoms with Gasteiger partial charge in [0.05, 0.1) is 5.69 Å². The standard InChI is InChI=1S/C15H11F2NO3/c16-10-3-9(4-11(17)6-10)15(20)8-1-2-13-12(5-8)18-14(19)7-21-13/h1-6,15,20H,7H2,(H,18,19). The topological polar surface area (TPSA) is 58.6 Å². The SMILES string of the molecule is O=C1COc2ccc(C(O)c3cc(F)cc(F)c3)cc2N1. The predicted molar refractivity (Wildman–Crippen MR) is 71.0 cm³/mol. The number of benzene rings is 2. The van der Waals surface area contributed by atoms with Crippen LogP contribution in [-0.4, -0.2) is 17.6 Å². The van der Waals surface area contributed by atoms with Crippen molar-refractivity contribution in [1.29, 1.82) is 0 Å². The summed E-state index contributed by atoms with van der Waals surface area (Å²) >= 11 is 0. The van der Waals surface area contributed by atoms with Gasteiger partial charge in [-0.15, -0.1) is 0 Å². The second kappa shape index (κ2) is 5.14. The lowest BCUT2D eigenvalue weighted by Gasteiger charge is -2.20. The fraction of sp³-hybridized carbons (Fsp3) is 0.133. The van der Waals surface area contributed by atoms with Gasteiger partial charge < -0.3 is 15.2 Å². The summed E-state index contributed by atoms with van der Waals surface area (Å²) in [7, 11) is 0. The molecule has 0 saturated carbocycles. The van der Waals surface area contributed by atoms with Crippen molar-refractivity contribution in [2.45, 2.75) is 6.10 Å². The molecule has 0 aromatic heterocycles. The molecule has 3 rings (SSSR count). The number of aliphatic hydroxyl groups excluding tert-OH is 1. The average molecular weight is 291 g/mol. The van der Waals surface area contributed by atoms with Crippen LogP contribution in [0.25, 0.3) is 0 Å². The zero-order chi connectivity index (χ0) is 15.0. The van der Waals surface area contributed by atoms with E-state index >= 15 is 0 Å². The minimum atomic E-state index is -1.21. The Morgan fingerprint density at radius 1 is 1.10 bits per heavy atom. The Morgan fingerprint density at radius 3 is 2.52 bits per heavy atom. The van der Waals surface area contributed by atoms with Crippen LogP contribution in [0.15, 0.2) is 36.4 Å².